The number of hydrogen-bond donors (Lipinski definition) is 0. The third-order valence-electron chi connectivity index (χ3n) is 1.54. The molecule has 0 amide bonds. The highest BCUT2D eigenvalue weighted by Crippen LogP contribution is 2.25. The van der Waals surface area contributed by atoms with Crippen molar-refractivity contribution in [3.63, 3.8) is 0 Å². The van der Waals surface area contributed by atoms with Crippen LogP contribution in [0.1, 0.15) is 31.5 Å². The fraction of sp³-hybridized carbons (Fsp3) is 0.500. The summed E-state index contributed by atoms with van der Waals surface area (Å²) in [6.07, 6.45) is 3.86. The summed E-state index contributed by atoms with van der Waals surface area (Å²) < 4.78 is 0. The van der Waals surface area contributed by atoms with Gasteiger partial charge in [0, 0.05) is 16.7 Å². The number of nitrogens with zero attached hydrogens (tertiary/aromatic N) is 1. The van der Waals surface area contributed by atoms with Gasteiger partial charge in [0.1, 0.15) is 0 Å². The zero-order valence-electron chi connectivity index (χ0n) is 8.17. The highest BCUT2D eigenvalue weighted by Gasteiger charge is 2.16. The Labute approximate surface area is 88.5 Å². The SMILES string of the molecule is CC(C)(C)c1nc(/C=C/CCl)cs1. The summed E-state index contributed by atoms with van der Waals surface area (Å²) in [5.74, 6) is 0.544. The van der Waals surface area contributed by atoms with Crippen LogP contribution in [0.25, 0.3) is 6.08 Å². The van der Waals surface area contributed by atoms with Crippen LogP contribution in [-0.4, -0.2) is 10.9 Å². The molecule has 0 aliphatic rings. The second-order valence-electron chi connectivity index (χ2n) is 3.88. The molecule has 1 rings (SSSR count). The van der Waals surface area contributed by atoms with Gasteiger partial charge in [-0.1, -0.05) is 26.8 Å². The average molecular weight is 216 g/mol. The van der Waals surface area contributed by atoms with Gasteiger partial charge in [-0.05, 0) is 6.08 Å². The zero-order valence-corrected chi connectivity index (χ0v) is 9.75. The quantitative estimate of drug-likeness (QED) is 0.686. The third kappa shape index (κ3) is 3.12. The van der Waals surface area contributed by atoms with E-state index in [1.807, 2.05) is 12.2 Å². The van der Waals surface area contributed by atoms with E-state index in [9.17, 15) is 0 Å². The molecule has 0 unspecified atom stereocenters. The van der Waals surface area contributed by atoms with Crippen molar-refractivity contribution in [2.45, 2.75) is 26.2 Å². The van der Waals surface area contributed by atoms with Crippen molar-refractivity contribution < 1.29 is 0 Å². The Hall–Kier alpha value is -0.340. The Morgan fingerprint density at radius 3 is 2.69 bits per heavy atom. The van der Waals surface area contributed by atoms with Crippen LogP contribution in [-0.2, 0) is 5.41 Å². The predicted octanol–water partition coefficient (Wildman–Crippen LogP) is 3.69. The first-order chi connectivity index (χ1) is 6.04. The van der Waals surface area contributed by atoms with Crippen LogP contribution in [0.3, 0.4) is 0 Å². The lowest BCUT2D eigenvalue weighted by atomic mass is 9.98. The summed E-state index contributed by atoms with van der Waals surface area (Å²) in [5, 5.41) is 3.23. The van der Waals surface area contributed by atoms with Crippen LogP contribution in [0.15, 0.2) is 11.5 Å². The fourth-order valence-electron chi connectivity index (χ4n) is 0.872. The van der Waals surface area contributed by atoms with Gasteiger partial charge in [-0.25, -0.2) is 4.98 Å². The number of allylic oxidation sites excluding steroid dienone is 1. The molecule has 1 aromatic rings. The van der Waals surface area contributed by atoms with Crippen molar-refractivity contribution in [3.05, 3.63) is 22.2 Å². The number of halogens is 1. The van der Waals surface area contributed by atoms with E-state index in [0.29, 0.717) is 5.88 Å². The molecule has 1 nitrogen and oxygen atoms in total. The van der Waals surface area contributed by atoms with Crippen LogP contribution in [0.2, 0.25) is 0 Å². The molecule has 0 aliphatic heterocycles. The van der Waals surface area contributed by atoms with Gasteiger partial charge in [-0.2, -0.15) is 0 Å². The summed E-state index contributed by atoms with van der Waals surface area (Å²) >= 11 is 7.24. The Balaban J connectivity index is 2.81. The van der Waals surface area contributed by atoms with E-state index < -0.39 is 0 Å². The van der Waals surface area contributed by atoms with E-state index >= 15 is 0 Å². The van der Waals surface area contributed by atoms with Gasteiger partial charge in [-0.3, -0.25) is 0 Å². The molecule has 0 aliphatic carbocycles. The van der Waals surface area contributed by atoms with Gasteiger partial charge < -0.3 is 0 Å². The first kappa shape index (κ1) is 10.7. The number of hydrogen-bond acceptors (Lipinski definition) is 2. The fourth-order valence-corrected chi connectivity index (χ4v) is 1.84. The number of rotatable bonds is 2. The Bertz CT molecular complexity index is 296. The van der Waals surface area contributed by atoms with Gasteiger partial charge in [0.15, 0.2) is 0 Å². The van der Waals surface area contributed by atoms with E-state index in [2.05, 4.69) is 31.1 Å². The maximum Gasteiger partial charge on any atom is 0.0985 e. The molecular weight excluding hydrogens is 202 g/mol. The van der Waals surface area contributed by atoms with Gasteiger partial charge in [-0.15, -0.1) is 22.9 Å². The molecule has 0 spiro atoms. The highest BCUT2D eigenvalue weighted by atomic mass is 35.5. The number of thiazole rings is 1. The summed E-state index contributed by atoms with van der Waals surface area (Å²) in [6.45, 7) is 6.50. The molecule has 13 heavy (non-hydrogen) atoms. The Morgan fingerprint density at radius 1 is 1.54 bits per heavy atom. The average Bonchev–Trinajstić information content (AvgIpc) is 2.47. The number of aromatic nitrogens is 1. The van der Waals surface area contributed by atoms with Crippen molar-refractivity contribution in [2.24, 2.45) is 0 Å². The minimum absolute atomic E-state index is 0.151. The Morgan fingerprint density at radius 2 is 2.23 bits per heavy atom. The van der Waals surface area contributed by atoms with Crippen LogP contribution in [0.5, 0.6) is 0 Å². The summed E-state index contributed by atoms with van der Waals surface area (Å²) in [4.78, 5) is 4.49. The molecule has 1 aromatic heterocycles. The molecule has 0 radical (unpaired) electrons. The first-order valence-electron chi connectivity index (χ1n) is 4.22. The zero-order chi connectivity index (χ0) is 9.90. The van der Waals surface area contributed by atoms with Gasteiger partial charge in [0.05, 0.1) is 10.7 Å². The van der Waals surface area contributed by atoms with Crippen molar-refractivity contribution in [1.29, 1.82) is 0 Å². The molecule has 3 heteroatoms. The lowest BCUT2D eigenvalue weighted by molar-refractivity contribution is 0.585. The van der Waals surface area contributed by atoms with Crippen molar-refractivity contribution in [1.82, 2.24) is 4.98 Å². The maximum atomic E-state index is 5.54. The van der Waals surface area contributed by atoms with Crippen LogP contribution >= 0.6 is 22.9 Å². The molecule has 0 bridgehead atoms. The normalized spacial score (nSPS) is 12.6. The van der Waals surface area contributed by atoms with Gasteiger partial charge >= 0.3 is 0 Å². The van der Waals surface area contributed by atoms with E-state index in [-0.39, 0.29) is 5.41 Å². The topological polar surface area (TPSA) is 12.9 Å². The lowest BCUT2D eigenvalue weighted by Gasteiger charge is -2.13. The second kappa shape index (κ2) is 4.25. The Kier molecular flexibility index (Phi) is 3.51. The predicted molar refractivity (Wildman–Crippen MR) is 60.6 cm³/mol. The van der Waals surface area contributed by atoms with E-state index in [4.69, 9.17) is 11.6 Å². The first-order valence-corrected chi connectivity index (χ1v) is 5.64. The van der Waals surface area contributed by atoms with Crippen LogP contribution in [0.4, 0.5) is 0 Å². The van der Waals surface area contributed by atoms with Crippen LogP contribution < -0.4 is 0 Å². The highest BCUT2D eigenvalue weighted by molar-refractivity contribution is 7.09. The molecule has 0 aromatic carbocycles. The summed E-state index contributed by atoms with van der Waals surface area (Å²) in [5.41, 5.74) is 1.16. The third-order valence-corrected chi connectivity index (χ3v) is 3.01. The van der Waals surface area contributed by atoms with Crippen LogP contribution in [0, 0.1) is 0 Å². The molecule has 0 N–H and O–H groups in total. The van der Waals surface area contributed by atoms with Crippen molar-refractivity contribution >= 4 is 29.0 Å². The summed E-state index contributed by atoms with van der Waals surface area (Å²) in [7, 11) is 0. The smallest absolute Gasteiger partial charge is 0.0985 e. The molecular formula is C10H14ClNS. The van der Waals surface area contributed by atoms with E-state index in [1.54, 1.807) is 11.3 Å². The molecule has 0 saturated carbocycles. The lowest BCUT2D eigenvalue weighted by Crippen LogP contribution is -2.10. The minimum Gasteiger partial charge on any atom is -0.241 e. The number of alkyl halides is 1. The van der Waals surface area contributed by atoms with Crippen molar-refractivity contribution in [2.75, 3.05) is 5.88 Å². The molecule has 0 fully saturated rings. The summed E-state index contributed by atoms with van der Waals surface area (Å²) in [6, 6.07) is 0. The van der Waals surface area contributed by atoms with Crippen molar-refractivity contribution in [3.8, 4) is 0 Å². The molecule has 1 heterocycles. The maximum absolute atomic E-state index is 5.54. The van der Waals surface area contributed by atoms with E-state index in [1.165, 1.54) is 5.01 Å². The second-order valence-corrected chi connectivity index (χ2v) is 5.05. The molecule has 72 valence electrons. The molecule has 0 saturated heterocycles. The van der Waals surface area contributed by atoms with Gasteiger partial charge in [0.2, 0.25) is 0 Å². The van der Waals surface area contributed by atoms with Gasteiger partial charge in [0.25, 0.3) is 0 Å². The standard InChI is InChI=1S/C10H14ClNS/c1-10(2,3)9-12-8(7-13-9)5-4-6-11/h4-5,7H,6H2,1-3H3/b5-4+. The van der Waals surface area contributed by atoms with E-state index in [0.717, 1.165) is 5.69 Å². The molecule has 0 atom stereocenters. The monoisotopic (exact) mass is 215 g/mol. The minimum atomic E-state index is 0.151. The largest absolute Gasteiger partial charge is 0.241 e.